The quantitative estimate of drug-likeness (QED) is 0.121. The summed E-state index contributed by atoms with van der Waals surface area (Å²) in [6.07, 6.45) is 0. The number of hydrogen-bond acceptors (Lipinski definition) is 6. The summed E-state index contributed by atoms with van der Waals surface area (Å²) in [7, 11) is -10.6. The van der Waals surface area contributed by atoms with Crippen LogP contribution in [0.4, 0.5) is 35.1 Å². The van der Waals surface area contributed by atoms with Gasteiger partial charge in [0.2, 0.25) is 9.84 Å². The fourth-order valence-electron chi connectivity index (χ4n) is 4.77. The molecule has 0 atom stereocenters. The van der Waals surface area contributed by atoms with Crippen molar-refractivity contribution in [3.63, 3.8) is 0 Å². The molecule has 0 saturated heterocycles. The molecule has 0 unspecified atom stereocenters. The minimum Gasteiger partial charge on any atom is -0.496 e. The third-order valence-corrected chi connectivity index (χ3v) is 10.3. The van der Waals surface area contributed by atoms with Crippen molar-refractivity contribution in [2.24, 2.45) is 0 Å². The molecule has 0 spiro atoms. The first-order valence-electron chi connectivity index (χ1n) is 13.8. The molecule has 0 radical (unpaired) electrons. The SMILES string of the molecule is COc1ccc(-c2ccc(Oc3ccc(S(=O)(=O)c4ccc(C)c(C(F)(F)C(F)(F)C(F)(F)C(F)(F)S(=O)(=O)O)c4)cc3)c(C)c2)cc1C. The zero-order valence-electron chi connectivity index (χ0n) is 25.7. The molecule has 0 bridgehead atoms. The van der Waals surface area contributed by atoms with Gasteiger partial charge in [0.25, 0.3) is 0 Å². The highest BCUT2D eigenvalue weighted by atomic mass is 32.2. The van der Waals surface area contributed by atoms with Gasteiger partial charge in [0.05, 0.1) is 16.9 Å². The van der Waals surface area contributed by atoms with Gasteiger partial charge in [0.1, 0.15) is 17.2 Å². The van der Waals surface area contributed by atoms with E-state index >= 15 is 0 Å². The van der Waals surface area contributed by atoms with E-state index in [4.69, 9.17) is 14.0 Å². The second-order valence-corrected chi connectivity index (χ2v) is 14.3. The monoisotopic (exact) mass is 738 g/mol. The van der Waals surface area contributed by atoms with Crippen LogP contribution in [-0.2, 0) is 25.9 Å². The lowest BCUT2D eigenvalue weighted by Crippen LogP contribution is -2.63. The Balaban J connectivity index is 1.62. The van der Waals surface area contributed by atoms with Crippen LogP contribution in [0.15, 0.2) is 88.7 Å². The van der Waals surface area contributed by atoms with E-state index in [2.05, 4.69) is 0 Å². The highest BCUT2D eigenvalue weighted by Gasteiger charge is 2.84. The Morgan fingerprint density at radius 3 is 1.55 bits per heavy atom. The van der Waals surface area contributed by atoms with Crippen LogP contribution in [-0.4, -0.2) is 45.6 Å². The van der Waals surface area contributed by atoms with E-state index in [1.54, 1.807) is 26.2 Å². The predicted octanol–water partition coefficient (Wildman–Crippen LogP) is 8.76. The molecule has 0 heterocycles. The lowest BCUT2D eigenvalue weighted by Gasteiger charge is -2.36. The van der Waals surface area contributed by atoms with Crippen LogP contribution in [0.25, 0.3) is 11.1 Å². The number of hydrogen-bond donors (Lipinski definition) is 1. The summed E-state index contributed by atoms with van der Waals surface area (Å²) in [5.41, 5.74) is 0.354. The summed E-state index contributed by atoms with van der Waals surface area (Å²) >= 11 is 0. The smallest absolute Gasteiger partial charge is 0.438 e. The van der Waals surface area contributed by atoms with Gasteiger partial charge >= 0.3 is 33.1 Å². The summed E-state index contributed by atoms with van der Waals surface area (Å²) in [6.45, 7) is 4.33. The van der Waals surface area contributed by atoms with E-state index in [1.807, 2.05) is 31.2 Å². The van der Waals surface area contributed by atoms with Gasteiger partial charge in [-0.2, -0.15) is 43.5 Å². The molecule has 0 saturated carbocycles. The first-order chi connectivity index (χ1) is 22.4. The Bertz CT molecular complexity index is 2120. The number of ether oxygens (including phenoxy) is 2. The highest BCUT2D eigenvalue weighted by molar-refractivity contribution is 7.91. The van der Waals surface area contributed by atoms with Gasteiger partial charge in [-0.1, -0.05) is 18.2 Å². The van der Waals surface area contributed by atoms with E-state index in [-0.39, 0.29) is 11.8 Å². The van der Waals surface area contributed by atoms with Crippen molar-refractivity contribution in [1.29, 1.82) is 0 Å². The molecular weight excluding hydrogens is 712 g/mol. The van der Waals surface area contributed by atoms with Crippen molar-refractivity contribution in [2.45, 2.75) is 53.6 Å². The van der Waals surface area contributed by atoms with Gasteiger partial charge in [-0.25, -0.2) is 8.42 Å². The molecule has 0 aliphatic heterocycles. The third-order valence-electron chi connectivity index (χ3n) is 7.60. The number of halogens is 8. The molecule has 0 amide bonds. The summed E-state index contributed by atoms with van der Waals surface area (Å²) in [5.74, 6) is -19.5. The average molecular weight is 739 g/mol. The number of benzene rings is 4. The molecule has 0 aliphatic carbocycles. The Kier molecular flexibility index (Phi) is 9.66. The van der Waals surface area contributed by atoms with E-state index in [0.717, 1.165) is 34.6 Å². The largest absolute Gasteiger partial charge is 0.496 e. The molecule has 0 fully saturated rings. The first kappa shape index (κ1) is 37.6. The highest BCUT2D eigenvalue weighted by Crippen LogP contribution is 2.58. The van der Waals surface area contributed by atoms with Crippen molar-refractivity contribution in [3.05, 3.63) is 101 Å². The van der Waals surface area contributed by atoms with Crippen LogP contribution >= 0.6 is 0 Å². The van der Waals surface area contributed by atoms with Crippen molar-refractivity contribution >= 4 is 20.0 Å². The summed E-state index contributed by atoms with van der Waals surface area (Å²) in [4.78, 5) is -1.68. The maximum absolute atomic E-state index is 15.0. The third kappa shape index (κ3) is 6.46. The maximum Gasteiger partial charge on any atom is 0.438 e. The van der Waals surface area contributed by atoms with Crippen molar-refractivity contribution in [1.82, 2.24) is 0 Å². The zero-order chi connectivity index (χ0) is 37.0. The van der Waals surface area contributed by atoms with Crippen molar-refractivity contribution < 1.29 is 66.0 Å². The average Bonchev–Trinajstić information content (AvgIpc) is 3.01. The van der Waals surface area contributed by atoms with Gasteiger partial charge in [-0.05, 0) is 109 Å². The van der Waals surface area contributed by atoms with Gasteiger partial charge < -0.3 is 9.47 Å². The second-order valence-electron chi connectivity index (χ2n) is 10.9. The standard InChI is InChI=1S/C32H26F8O7S2/c1-18-5-10-25(17-26(18)29(33,34)30(35,36)31(37,38)32(39,40)49(43,44)45)48(41,42)24-11-8-23(9-12-24)47-28-14-7-22(16-20(28)3)21-6-13-27(46-4)19(2)15-21/h5-17H,1-4H3,(H,43,44,45). The topological polar surface area (TPSA) is 107 Å². The fraction of sp³-hybridized carbons (Fsp3) is 0.250. The number of rotatable bonds is 11. The Hall–Kier alpha value is -4.22. The predicted molar refractivity (Wildman–Crippen MR) is 161 cm³/mol. The molecule has 17 heteroatoms. The minimum atomic E-state index is -7.36. The molecule has 4 aromatic rings. The van der Waals surface area contributed by atoms with E-state index in [1.165, 1.54) is 12.1 Å². The van der Waals surface area contributed by atoms with Gasteiger partial charge in [-0.15, -0.1) is 0 Å². The molecule has 4 rings (SSSR count). The van der Waals surface area contributed by atoms with Gasteiger partial charge in [0, 0.05) is 5.56 Å². The van der Waals surface area contributed by atoms with Crippen LogP contribution in [0.5, 0.6) is 17.2 Å². The van der Waals surface area contributed by atoms with Gasteiger partial charge in [0.15, 0.2) is 0 Å². The molecule has 49 heavy (non-hydrogen) atoms. The molecule has 1 N–H and O–H groups in total. The minimum absolute atomic E-state index is 0.111. The molecule has 4 aromatic carbocycles. The molecule has 264 valence electrons. The summed E-state index contributed by atoms with van der Waals surface area (Å²) in [5, 5.41) is -7.05. The number of alkyl halides is 8. The van der Waals surface area contributed by atoms with E-state index < -0.39 is 63.9 Å². The normalized spacial score (nSPS) is 13.3. The first-order valence-corrected chi connectivity index (χ1v) is 16.7. The molecular formula is C32H26F8O7S2. The Labute approximate surface area is 275 Å². The second kappa shape index (κ2) is 12.6. The molecule has 7 nitrogen and oxygen atoms in total. The van der Waals surface area contributed by atoms with Gasteiger partial charge in [-0.3, -0.25) is 4.55 Å². The Morgan fingerprint density at radius 2 is 1.08 bits per heavy atom. The number of sulfone groups is 1. The van der Waals surface area contributed by atoms with E-state index in [0.29, 0.717) is 30.4 Å². The lowest BCUT2D eigenvalue weighted by molar-refractivity contribution is -0.353. The molecule has 0 aliphatic rings. The van der Waals surface area contributed by atoms with Crippen LogP contribution in [0.2, 0.25) is 0 Å². The maximum atomic E-state index is 15.0. The fourth-order valence-corrected chi connectivity index (χ4v) is 6.51. The van der Waals surface area contributed by atoms with E-state index in [9.17, 15) is 52.0 Å². The lowest BCUT2D eigenvalue weighted by atomic mass is 9.94. The van der Waals surface area contributed by atoms with Crippen LogP contribution < -0.4 is 9.47 Å². The van der Waals surface area contributed by atoms with Crippen LogP contribution in [0.1, 0.15) is 22.3 Å². The Morgan fingerprint density at radius 1 is 0.592 bits per heavy atom. The number of methoxy groups -OCH3 is 1. The van der Waals surface area contributed by atoms with Crippen molar-refractivity contribution in [2.75, 3.05) is 7.11 Å². The summed E-state index contributed by atoms with van der Waals surface area (Å²) < 4.78 is 182. The number of aryl methyl sites for hydroxylation is 3. The van der Waals surface area contributed by atoms with Crippen LogP contribution in [0.3, 0.4) is 0 Å². The van der Waals surface area contributed by atoms with Crippen molar-refractivity contribution in [3.8, 4) is 28.4 Å². The molecule has 0 aromatic heterocycles. The van der Waals surface area contributed by atoms with Crippen LogP contribution in [0, 0.1) is 20.8 Å². The summed E-state index contributed by atoms with van der Waals surface area (Å²) in [6, 6.07) is 16.4. The zero-order valence-corrected chi connectivity index (χ0v) is 27.4.